The fourth-order valence-corrected chi connectivity index (χ4v) is 3.38. The Balaban J connectivity index is 1.70. The molecule has 1 aliphatic carbocycles. The number of rotatable bonds is 3. The highest BCUT2D eigenvalue weighted by molar-refractivity contribution is 5.68. The number of methoxy groups -OCH3 is 1. The monoisotopic (exact) mass is 317 g/mol. The quantitative estimate of drug-likeness (QED) is 0.837. The van der Waals surface area contributed by atoms with Gasteiger partial charge in [-0.2, -0.15) is 4.98 Å². The number of hydrogen-bond acceptors (Lipinski definition) is 8. The van der Waals surface area contributed by atoms with E-state index in [1.807, 2.05) is 18.9 Å². The minimum atomic E-state index is -0.406. The average Bonchev–Trinajstić information content (AvgIpc) is 3.30. The summed E-state index contributed by atoms with van der Waals surface area (Å²) in [5, 5.41) is 15.9. The number of allylic oxidation sites excluding steroid dienone is 2. The van der Waals surface area contributed by atoms with E-state index in [4.69, 9.17) is 9.26 Å². The molecule has 3 heterocycles. The van der Waals surface area contributed by atoms with E-state index in [9.17, 15) is 0 Å². The van der Waals surface area contributed by atoms with Crippen LogP contribution in [0.3, 0.4) is 0 Å². The highest BCUT2D eigenvalue weighted by Gasteiger charge is 2.40. The maximum Gasteiger partial charge on any atom is 0.257 e. The van der Waals surface area contributed by atoms with Crippen LogP contribution < -0.4 is 4.90 Å². The molecule has 0 atom stereocenters. The molecule has 0 amide bonds. The second-order valence-electron chi connectivity index (χ2n) is 6.09. The molecule has 9 heteroatoms. The lowest BCUT2D eigenvalue weighted by atomic mass is 10.0. The predicted octanol–water partition coefficient (Wildman–Crippen LogP) is 1.35. The second-order valence-corrected chi connectivity index (χ2v) is 6.09. The van der Waals surface area contributed by atoms with Crippen LogP contribution in [0, 0.1) is 0 Å². The Labute approximate surface area is 133 Å². The van der Waals surface area contributed by atoms with Crippen LogP contribution >= 0.6 is 0 Å². The first-order valence-electron chi connectivity index (χ1n) is 7.74. The molecule has 0 aromatic carbocycles. The molecule has 2 aromatic rings. The van der Waals surface area contributed by atoms with Gasteiger partial charge >= 0.3 is 0 Å². The van der Waals surface area contributed by atoms with Crippen molar-refractivity contribution in [2.24, 2.45) is 0 Å². The number of hydrogen-bond donors (Lipinski definition) is 0. The summed E-state index contributed by atoms with van der Waals surface area (Å²) < 4.78 is 13.0. The lowest BCUT2D eigenvalue weighted by Crippen LogP contribution is -2.27. The summed E-state index contributed by atoms with van der Waals surface area (Å²) in [6, 6.07) is 0. The van der Waals surface area contributed by atoms with Gasteiger partial charge in [-0.05, 0) is 43.0 Å². The van der Waals surface area contributed by atoms with E-state index >= 15 is 0 Å². The van der Waals surface area contributed by atoms with Crippen LogP contribution in [0.5, 0.6) is 0 Å². The molecule has 1 saturated carbocycles. The van der Waals surface area contributed by atoms with Crippen molar-refractivity contribution in [3.8, 4) is 0 Å². The maximum atomic E-state index is 5.73. The van der Waals surface area contributed by atoms with Crippen molar-refractivity contribution in [2.75, 3.05) is 19.1 Å². The molecule has 1 aliphatic heterocycles. The van der Waals surface area contributed by atoms with Gasteiger partial charge in [0.15, 0.2) is 0 Å². The molecule has 2 aromatic heterocycles. The van der Waals surface area contributed by atoms with Gasteiger partial charge < -0.3 is 14.2 Å². The van der Waals surface area contributed by atoms with E-state index in [1.165, 1.54) is 0 Å². The Morgan fingerprint density at radius 2 is 2.04 bits per heavy atom. The van der Waals surface area contributed by atoms with Gasteiger partial charge in [-0.1, -0.05) is 10.3 Å². The zero-order valence-electron chi connectivity index (χ0n) is 13.5. The Bertz CT molecular complexity index is 757. The summed E-state index contributed by atoms with van der Waals surface area (Å²) in [7, 11) is 3.63. The van der Waals surface area contributed by atoms with Crippen LogP contribution in [0.15, 0.2) is 10.2 Å². The third-order valence-corrected chi connectivity index (χ3v) is 4.95. The molecule has 122 valence electrons. The maximum absolute atomic E-state index is 5.73. The third-order valence-electron chi connectivity index (χ3n) is 4.95. The summed E-state index contributed by atoms with van der Waals surface area (Å²) in [5.41, 5.74) is 1.52. The largest absolute Gasteiger partial charge is 0.370 e. The molecule has 0 spiro atoms. The van der Waals surface area contributed by atoms with Crippen molar-refractivity contribution in [1.82, 2.24) is 30.3 Å². The first-order valence-corrected chi connectivity index (χ1v) is 7.74. The van der Waals surface area contributed by atoms with E-state index in [1.54, 1.807) is 11.8 Å². The molecule has 0 radical (unpaired) electrons. The molecule has 0 unspecified atom stereocenters. The fourth-order valence-electron chi connectivity index (χ4n) is 3.38. The van der Waals surface area contributed by atoms with E-state index in [0.29, 0.717) is 24.2 Å². The molecule has 0 saturated heterocycles. The minimum Gasteiger partial charge on any atom is -0.370 e. The van der Waals surface area contributed by atoms with Crippen molar-refractivity contribution in [2.45, 2.75) is 44.8 Å². The molecule has 1 fully saturated rings. The van der Waals surface area contributed by atoms with E-state index in [0.717, 1.165) is 37.0 Å². The number of anilines is 1. The Hall–Kier alpha value is -2.29. The van der Waals surface area contributed by atoms with Crippen molar-refractivity contribution in [1.29, 1.82) is 0 Å². The lowest BCUT2D eigenvalue weighted by molar-refractivity contribution is -0.0178. The summed E-state index contributed by atoms with van der Waals surface area (Å²) >= 11 is 0. The third kappa shape index (κ3) is 2.07. The minimum absolute atomic E-state index is 0.406. The first kappa shape index (κ1) is 14.3. The number of aromatic nitrogens is 6. The molecule has 0 bridgehead atoms. The Morgan fingerprint density at radius 1 is 1.26 bits per heavy atom. The van der Waals surface area contributed by atoms with Crippen LogP contribution in [-0.4, -0.2) is 44.5 Å². The highest BCUT2D eigenvalue weighted by atomic mass is 16.5. The topological polar surface area (TPSA) is 95.0 Å². The van der Waals surface area contributed by atoms with Gasteiger partial charge in [0, 0.05) is 19.9 Å². The molecule has 0 N–H and O–H groups in total. The van der Waals surface area contributed by atoms with Crippen molar-refractivity contribution in [3.05, 3.63) is 17.4 Å². The van der Waals surface area contributed by atoms with Crippen molar-refractivity contribution < 1.29 is 9.26 Å². The molecule has 9 nitrogen and oxygen atoms in total. The van der Waals surface area contributed by atoms with Gasteiger partial charge in [0.1, 0.15) is 5.60 Å². The van der Waals surface area contributed by atoms with Gasteiger partial charge in [0.05, 0.1) is 12.1 Å². The Kier molecular flexibility index (Phi) is 3.19. The molecule has 23 heavy (non-hydrogen) atoms. The zero-order chi connectivity index (χ0) is 16.0. The van der Waals surface area contributed by atoms with Gasteiger partial charge in [-0.25, -0.2) is 4.68 Å². The smallest absolute Gasteiger partial charge is 0.257 e. The molecule has 4 rings (SSSR count). The van der Waals surface area contributed by atoms with Crippen molar-refractivity contribution in [3.63, 3.8) is 0 Å². The van der Waals surface area contributed by atoms with Crippen LogP contribution in [0.25, 0.3) is 5.57 Å². The van der Waals surface area contributed by atoms with E-state index in [2.05, 4.69) is 25.7 Å². The number of tetrazole rings is 1. The number of fused-ring (bicyclic) bond motifs is 1. The predicted molar refractivity (Wildman–Crippen MR) is 80.3 cm³/mol. The zero-order valence-corrected chi connectivity index (χ0v) is 13.5. The lowest BCUT2D eigenvalue weighted by Gasteiger charge is -2.25. The summed E-state index contributed by atoms with van der Waals surface area (Å²) in [6.45, 7) is 2.51. The standard InChI is InChI=1S/C14H19N7O2/c1-9-10(8-21-13(20(9)2)16-18-19-21)11-15-12(17-23-11)14(22-3)6-4-5-7-14/h4-8H2,1-3H3. The fraction of sp³-hybridized carbons (Fsp3) is 0.643. The molecular formula is C14H19N7O2. The van der Waals surface area contributed by atoms with Gasteiger partial charge in [-0.15, -0.1) is 0 Å². The average molecular weight is 317 g/mol. The van der Waals surface area contributed by atoms with Crippen LogP contribution in [0.1, 0.15) is 44.3 Å². The van der Waals surface area contributed by atoms with Gasteiger partial charge in [0.25, 0.3) is 5.89 Å². The second kappa shape index (κ2) is 5.12. The Morgan fingerprint density at radius 3 is 2.78 bits per heavy atom. The van der Waals surface area contributed by atoms with Crippen LogP contribution in [0.2, 0.25) is 0 Å². The van der Waals surface area contributed by atoms with Gasteiger partial charge in [0.2, 0.25) is 11.8 Å². The van der Waals surface area contributed by atoms with Gasteiger partial charge in [-0.3, -0.25) is 0 Å². The van der Waals surface area contributed by atoms with Crippen LogP contribution in [0.4, 0.5) is 5.95 Å². The van der Waals surface area contributed by atoms with E-state index < -0.39 is 5.60 Å². The first-order chi connectivity index (χ1) is 11.1. The number of ether oxygens (including phenoxy) is 1. The summed E-state index contributed by atoms with van der Waals surface area (Å²) in [4.78, 5) is 6.55. The summed E-state index contributed by atoms with van der Waals surface area (Å²) in [6.07, 6.45) is 4.10. The SMILES string of the molecule is COC1(c2noc(C3=C(C)N(C)c4nnnn4C3)n2)CCCC1. The summed E-state index contributed by atoms with van der Waals surface area (Å²) in [5.74, 6) is 1.85. The molecule has 2 aliphatic rings. The van der Waals surface area contributed by atoms with Crippen LogP contribution in [-0.2, 0) is 16.9 Å². The van der Waals surface area contributed by atoms with Crippen molar-refractivity contribution >= 4 is 11.5 Å². The number of nitrogens with zero attached hydrogens (tertiary/aromatic N) is 7. The highest BCUT2D eigenvalue weighted by Crippen LogP contribution is 2.41. The van der Waals surface area contributed by atoms with E-state index in [-0.39, 0.29) is 0 Å². The molecular weight excluding hydrogens is 298 g/mol. The normalized spacial score (nSPS) is 20.2.